The number of hydrogen-bond donors (Lipinski definition) is 2. The zero-order chi connectivity index (χ0) is 16.4. The second kappa shape index (κ2) is 6.25. The van der Waals surface area contributed by atoms with Crippen LogP contribution in [0.25, 0.3) is 11.0 Å². The van der Waals surface area contributed by atoms with E-state index in [1.165, 1.54) is 0 Å². The van der Waals surface area contributed by atoms with E-state index in [0.29, 0.717) is 5.69 Å². The van der Waals surface area contributed by atoms with Crippen LogP contribution in [0.1, 0.15) is 11.4 Å². The van der Waals surface area contributed by atoms with Gasteiger partial charge in [0.05, 0.1) is 26.9 Å². The number of aryl methyl sites for hydroxylation is 2. The number of urea groups is 1. The van der Waals surface area contributed by atoms with E-state index in [1.807, 2.05) is 19.9 Å². The van der Waals surface area contributed by atoms with Crippen molar-refractivity contribution in [3.05, 3.63) is 46.5 Å². The molecular formula is C15H13BrN6O. The SMILES string of the molecule is Cc1nc2ccc(NC(=O)Nc3ncc(Br)cn3)cc2nc1C. The number of nitrogens with zero attached hydrogens (tertiary/aromatic N) is 4. The first-order valence-corrected chi connectivity index (χ1v) is 7.61. The fourth-order valence-corrected chi connectivity index (χ4v) is 2.15. The maximum Gasteiger partial charge on any atom is 0.326 e. The van der Waals surface area contributed by atoms with Crippen molar-refractivity contribution in [1.29, 1.82) is 0 Å². The van der Waals surface area contributed by atoms with Crippen LogP contribution in [0.2, 0.25) is 0 Å². The van der Waals surface area contributed by atoms with Gasteiger partial charge in [-0.1, -0.05) is 0 Å². The lowest BCUT2D eigenvalue weighted by Gasteiger charge is -2.08. The Morgan fingerprint density at radius 2 is 1.65 bits per heavy atom. The molecule has 0 bridgehead atoms. The minimum absolute atomic E-state index is 0.220. The molecule has 0 aliphatic carbocycles. The molecule has 0 saturated heterocycles. The van der Waals surface area contributed by atoms with Gasteiger partial charge in [0, 0.05) is 18.1 Å². The monoisotopic (exact) mass is 372 g/mol. The van der Waals surface area contributed by atoms with E-state index >= 15 is 0 Å². The van der Waals surface area contributed by atoms with Crippen LogP contribution < -0.4 is 10.6 Å². The van der Waals surface area contributed by atoms with Crippen LogP contribution in [0.5, 0.6) is 0 Å². The third-order valence-electron chi connectivity index (χ3n) is 3.18. The smallest absolute Gasteiger partial charge is 0.308 e. The molecule has 3 aromatic rings. The Kier molecular flexibility index (Phi) is 4.16. The molecule has 1 aromatic carbocycles. The van der Waals surface area contributed by atoms with Crippen LogP contribution in [-0.4, -0.2) is 26.0 Å². The van der Waals surface area contributed by atoms with Crippen molar-refractivity contribution in [1.82, 2.24) is 19.9 Å². The summed E-state index contributed by atoms with van der Waals surface area (Å²) in [5, 5.41) is 5.28. The Balaban J connectivity index is 1.76. The number of aromatic nitrogens is 4. The summed E-state index contributed by atoms with van der Waals surface area (Å²) < 4.78 is 0.738. The maximum absolute atomic E-state index is 12.0. The molecule has 2 aromatic heterocycles. The standard InChI is InChI=1S/C15H13BrN6O/c1-8-9(2)20-13-5-11(3-4-12(13)19-8)21-15(23)22-14-17-6-10(16)7-18-14/h3-7H,1-2H3,(H2,17,18,21,22,23). The first-order chi connectivity index (χ1) is 11.0. The Labute approximate surface area is 140 Å². The second-order valence-corrected chi connectivity index (χ2v) is 5.82. The first-order valence-electron chi connectivity index (χ1n) is 6.82. The first kappa shape index (κ1) is 15.3. The van der Waals surface area contributed by atoms with Gasteiger partial charge in [0.2, 0.25) is 5.95 Å². The Hall–Kier alpha value is -2.61. The molecular weight excluding hydrogens is 360 g/mol. The van der Waals surface area contributed by atoms with Gasteiger partial charge in [-0.25, -0.2) is 24.7 Å². The molecule has 7 nitrogen and oxygen atoms in total. The van der Waals surface area contributed by atoms with Gasteiger partial charge in [0.1, 0.15) is 0 Å². The third kappa shape index (κ3) is 3.59. The molecule has 0 fully saturated rings. The number of fused-ring (bicyclic) bond motifs is 1. The highest BCUT2D eigenvalue weighted by atomic mass is 79.9. The Bertz CT molecular complexity index is 881. The molecule has 3 rings (SSSR count). The maximum atomic E-state index is 12.0. The predicted octanol–water partition coefficient (Wildman–Crippen LogP) is 3.44. The van der Waals surface area contributed by atoms with Gasteiger partial charge in [-0.3, -0.25) is 5.32 Å². The minimum Gasteiger partial charge on any atom is -0.308 e. The van der Waals surface area contributed by atoms with E-state index < -0.39 is 6.03 Å². The average Bonchev–Trinajstić information content (AvgIpc) is 2.51. The van der Waals surface area contributed by atoms with Crippen molar-refractivity contribution < 1.29 is 4.79 Å². The third-order valence-corrected chi connectivity index (χ3v) is 3.59. The molecule has 2 amide bonds. The van der Waals surface area contributed by atoms with E-state index in [4.69, 9.17) is 0 Å². The number of halogens is 1. The highest BCUT2D eigenvalue weighted by molar-refractivity contribution is 9.10. The van der Waals surface area contributed by atoms with E-state index in [9.17, 15) is 4.79 Å². The van der Waals surface area contributed by atoms with Crippen LogP contribution in [0.15, 0.2) is 35.1 Å². The molecule has 2 heterocycles. The highest BCUT2D eigenvalue weighted by Crippen LogP contribution is 2.17. The number of carbonyl (C=O) groups is 1. The summed E-state index contributed by atoms with van der Waals surface area (Å²) in [6.07, 6.45) is 3.11. The van der Waals surface area contributed by atoms with Crippen LogP contribution in [0.3, 0.4) is 0 Å². The largest absolute Gasteiger partial charge is 0.326 e. The summed E-state index contributed by atoms with van der Waals surface area (Å²) in [5.41, 5.74) is 3.89. The lowest BCUT2D eigenvalue weighted by atomic mass is 10.2. The summed E-state index contributed by atoms with van der Waals surface area (Å²) >= 11 is 3.23. The quantitative estimate of drug-likeness (QED) is 0.718. The van der Waals surface area contributed by atoms with E-state index in [2.05, 4.69) is 46.5 Å². The van der Waals surface area contributed by atoms with Crippen molar-refractivity contribution in [2.45, 2.75) is 13.8 Å². The van der Waals surface area contributed by atoms with Crippen LogP contribution in [0.4, 0.5) is 16.4 Å². The molecule has 0 saturated carbocycles. The number of anilines is 2. The summed E-state index contributed by atoms with van der Waals surface area (Å²) in [5.74, 6) is 0.220. The Morgan fingerprint density at radius 3 is 2.35 bits per heavy atom. The number of amides is 2. The number of nitrogens with one attached hydrogen (secondary N) is 2. The minimum atomic E-state index is -0.427. The number of benzene rings is 1. The molecule has 0 unspecified atom stereocenters. The summed E-state index contributed by atoms with van der Waals surface area (Å²) in [6, 6.07) is 4.94. The second-order valence-electron chi connectivity index (χ2n) is 4.90. The van der Waals surface area contributed by atoms with Gasteiger partial charge >= 0.3 is 6.03 Å². The Morgan fingerprint density at radius 1 is 1.00 bits per heavy atom. The topological polar surface area (TPSA) is 92.7 Å². The van der Waals surface area contributed by atoms with Gasteiger partial charge < -0.3 is 5.32 Å². The fourth-order valence-electron chi connectivity index (χ4n) is 1.95. The van der Waals surface area contributed by atoms with Crippen molar-refractivity contribution >= 4 is 44.6 Å². The summed E-state index contributed by atoms with van der Waals surface area (Å²) in [4.78, 5) is 28.9. The zero-order valence-electron chi connectivity index (χ0n) is 12.5. The van der Waals surface area contributed by atoms with Gasteiger partial charge in [0.15, 0.2) is 0 Å². The molecule has 0 radical (unpaired) electrons. The van der Waals surface area contributed by atoms with Crippen LogP contribution >= 0.6 is 15.9 Å². The van der Waals surface area contributed by atoms with Crippen molar-refractivity contribution in [2.75, 3.05) is 10.6 Å². The zero-order valence-corrected chi connectivity index (χ0v) is 14.0. The molecule has 8 heteroatoms. The molecule has 23 heavy (non-hydrogen) atoms. The van der Waals surface area contributed by atoms with Crippen molar-refractivity contribution in [3.63, 3.8) is 0 Å². The summed E-state index contributed by atoms with van der Waals surface area (Å²) in [6.45, 7) is 3.82. The average molecular weight is 373 g/mol. The molecule has 0 spiro atoms. The van der Waals surface area contributed by atoms with Gasteiger partial charge in [0.25, 0.3) is 0 Å². The van der Waals surface area contributed by atoms with Gasteiger partial charge in [-0.2, -0.15) is 0 Å². The van der Waals surface area contributed by atoms with E-state index in [-0.39, 0.29) is 5.95 Å². The highest BCUT2D eigenvalue weighted by Gasteiger charge is 2.07. The van der Waals surface area contributed by atoms with E-state index in [0.717, 1.165) is 26.9 Å². The summed E-state index contributed by atoms with van der Waals surface area (Å²) in [7, 11) is 0. The molecule has 0 atom stereocenters. The lowest BCUT2D eigenvalue weighted by Crippen LogP contribution is -2.20. The van der Waals surface area contributed by atoms with Crippen molar-refractivity contribution in [2.24, 2.45) is 0 Å². The van der Waals surface area contributed by atoms with Gasteiger partial charge in [-0.05, 0) is 48.0 Å². The molecule has 2 N–H and O–H groups in total. The van der Waals surface area contributed by atoms with Crippen molar-refractivity contribution in [3.8, 4) is 0 Å². The fraction of sp³-hybridized carbons (Fsp3) is 0.133. The predicted molar refractivity (Wildman–Crippen MR) is 91.4 cm³/mol. The normalized spacial score (nSPS) is 10.6. The molecule has 0 aliphatic rings. The number of rotatable bonds is 2. The number of carbonyl (C=O) groups excluding carboxylic acids is 1. The van der Waals surface area contributed by atoms with E-state index in [1.54, 1.807) is 24.5 Å². The number of hydrogen-bond acceptors (Lipinski definition) is 5. The molecule has 0 aliphatic heterocycles. The van der Waals surface area contributed by atoms with Crippen LogP contribution in [0, 0.1) is 13.8 Å². The molecule has 116 valence electrons. The lowest BCUT2D eigenvalue weighted by molar-refractivity contribution is 0.262. The van der Waals surface area contributed by atoms with Gasteiger partial charge in [-0.15, -0.1) is 0 Å². The van der Waals surface area contributed by atoms with Crippen LogP contribution in [-0.2, 0) is 0 Å².